The third-order valence-corrected chi connectivity index (χ3v) is 3.28. The van der Waals surface area contributed by atoms with Gasteiger partial charge < -0.3 is 14.5 Å². The number of hydrogen-bond acceptors (Lipinski definition) is 5. The number of rotatable bonds is 4. The van der Waals surface area contributed by atoms with Crippen LogP contribution in [0.25, 0.3) is 0 Å². The zero-order valence-electron chi connectivity index (χ0n) is 10.3. The summed E-state index contributed by atoms with van der Waals surface area (Å²) in [5, 5.41) is 3.56. The minimum Gasteiger partial charge on any atom is -0.468 e. The maximum absolute atomic E-state index is 11.8. The summed E-state index contributed by atoms with van der Waals surface area (Å²) in [6.45, 7) is 4.31. The van der Waals surface area contributed by atoms with Gasteiger partial charge in [-0.15, -0.1) is 0 Å². The molecule has 1 aromatic rings. The Morgan fingerprint density at radius 3 is 2.83 bits per heavy atom. The van der Waals surface area contributed by atoms with E-state index in [-0.39, 0.29) is 5.97 Å². The number of carbonyl (C=O) groups is 1. The zero-order valence-corrected chi connectivity index (χ0v) is 11.1. The van der Waals surface area contributed by atoms with Crippen LogP contribution in [0, 0.1) is 0 Å². The molecule has 1 unspecified atom stereocenters. The fraction of sp³-hybridized carbons (Fsp3) is 0.583. The Balaban J connectivity index is 2.07. The summed E-state index contributed by atoms with van der Waals surface area (Å²) in [6.07, 6.45) is 0. The molecule has 0 saturated carbocycles. The van der Waals surface area contributed by atoms with Crippen molar-refractivity contribution in [2.24, 2.45) is 0 Å². The smallest absolute Gasteiger partial charge is 0.317 e. The van der Waals surface area contributed by atoms with E-state index in [0.29, 0.717) is 17.5 Å². The Hall–Kier alpha value is -1.04. The van der Waals surface area contributed by atoms with Crippen LogP contribution < -0.4 is 5.32 Å². The zero-order chi connectivity index (χ0) is 13.0. The minimum absolute atomic E-state index is 0.291. The van der Waals surface area contributed by atoms with Crippen LogP contribution in [0.2, 0.25) is 5.22 Å². The van der Waals surface area contributed by atoms with Crippen LogP contribution in [0.5, 0.6) is 0 Å². The van der Waals surface area contributed by atoms with Crippen LogP contribution in [-0.2, 0) is 9.53 Å². The maximum atomic E-state index is 11.8. The molecule has 1 saturated heterocycles. The van der Waals surface area contributed by atoms with Crippen LogP contribution in [-0.4, -0.2) is 50.7 Å². The van der Waals surface area contributed by atoms with Crippen molar-refractivity contribution in [3.05, 3.63) is 23.1 Å². The Morgan fingerprint density at radius 2 is 2.28 bits per heavy atom. The second-order valence-electron chi connectivity index (χ2n) is 4.27. The summed E-state index contributed by atoms with van der Waals surface area (Å²) in [6, 6.07) is 3.37. The van der Waals surface area contributed by atoms with Gasteiger partial charge in [-0.05, 0) is 23.7 Å². The average molecular weight is 273 g/mol. The van der Waals surface area contributed by atoms with Gasteiger partial charge in [0, 0.05) is 32.7 Å². The molecule has 1 aliphatic rings. The van der Waals surface area contributed by atoms with Crippen LogP contribution in [0.3, 0.4) is 0 Å². The summed E-state index contributed by atoms with van der Waals surface area (Å²) < 4.78 is 10.2. The summed E-state index contributed by atoms with van der Waals surface area (Å²) in [4.78, 5) is 14.0. The number of nitrogens with zero attached hydrogens (tertiary/aromatic N) is 1. The molecule has 0 bridgehead atoms. The molecule has 100 valence electrons. The monoisotopic (exact) mass is 272 g/mol. The van der Waals surface area contributed by atoms with Gasteiger partial charge in [0.2, 0.25) is 0 Å². The highest BCUT2D eigenvalue weighted by Crippen LogP contribution is 2.24. The number of furan rings is 1. The lowest BCUT2D eigenvalue weighted by molar-refractivity contribution is -0.143. The summed E-state index contributed by atoms with van der Waals surface area (Å²) in [7, 11) is 1.39. The quantitative estimate of drug-likeness (QED) is 0.832. The minimum atomic E-state index is -0.416. The van der Waals surface area contributed by atoms with Crippen LogP contribution in [0.15, 0.2) is 16.5 Å². The number of nitrogens with one attached hydrogen (secondary N) is 1. The van der Waals surface area contributed by atoms with Crippen molar-refractivity contribution in [2.45, 2.75) is 5.92 Å². The van der Waals surface area contributed by atoms with E-state index in [2.05, 4.69) is 10.2 Å². The van der Waals surface area contributed by atoms with Crippen molar-refractivity contribution < 1.29 is 13.9 Å². The molecule has 18 heavy (non-hydrogen) atoms. The summed E-state index contributed by atoms with van der Waals surface area (Å²) in [5.74, 6) is -0.148. The standard InChI is InChI=1S/C12H17ClN2O3/c1-17-12(16)9(10-2-3-11(13)18-10)8-15-6-4-14-5-7-15/h2-3,9,14H,4-8H2,1H3. The normalized spacial score (nSPS) is 18.6. The SMILES string of the molecule is COC(=O)C(CN1CCNCC1)c1ccc(Cl)o1. The fourth-order valence-corrected chi connectivity index (χ4v) is 2.24. The first kappa shape index (κ1) is 13.4. The average Bonchev–Trinajstić information content (AvgIpc) is 2.83. The molecule has 0 aliphatic carbocycles. The first-order valence-electron chi connectivity index (χ1n) is 5.97. The number of carbonyl (C=O) groups excluding carboxylic acids is 1. The largest absolute Gasteiger partial charge is 0.468 e. The third-order valence-electron chi connectivity index (χ3n) is 3.07. The highest BCUT2D eigenvalue weighted by Gasteiger charge is 2.27. The lowest BCUT2D eigenvalue weighted by Crippen LogP contribution is -2.45. The summed E-state index contributed by atoms with van der Waals surface area (Å²) >= 11 is 5.75. The van der Waals surface area contributed by atoms with Gasteiger partial charge in [0.25, 0.3) is 0 Å². The second kappa shape index (κ2) is 6.22. The predicted octanol–water partition coefficient (Wildman–Crippen LogP) is 1.09. The molecule has 5 nitrogen and oxygen atoms in total. The van der Waals surface area contributed by atoms with E-state index >= 15 is 0 Å². The Labute approximate surface area is 111 Å². The number of halogens is 1. The molecule has 1 aliphatic heterocycles. The van der Waals surface area contributed by atoms with Gasteiger partial charge >= 0.3 is 5.97 Å². The van der Waals surface area contributed by atoms with Gasteiger partial charge in [-0.25, -0.2) is 0 Å². The molecule has 1 N–H and O–H groups in total. The molecule has 0 aromatic carbocycles. The highest BCUT2D eigenvalue weighted by atomic mass is 35.5. The van der Waals surface area contributed by atoms with Crippen molar-refractivity contribution >= 4 is 17.6 Å². The molecule has 0 spiro atoms. The van der Waals surface area contributed by atoms with Gasteiger partial charge in [-0.1, -0.05) is 0 Å². The summed E-state index contributed by atoms with van der Waals surface area (Å²) in [5.41, 5.74) is 0. The molecule has 1 aromatic heterocycles. The number of hydrogen-bond donors (Lipinski definition) is 1. The molecule has 1 atom stereocenters. The Kier molecular flexibility index (Phi) is 4.63. The van der Waals surface area contributed by atoms with E-state index < -0.39 is 5.92 Å². The van der Waals surface area contributed by atoms with E-state index in [9.17, 15) is 4.79 Å². The molecule has 6 heteroatoms. The van der Waals surface area contributed by atoms with Crippen molar-refractivity contribution in [2.75, 3.05) is 39.8 Å². The van der Waals surface area contributed by atoms with E-state index in [1.165, 1.54) is 7.11 Å². The number of esters is 1. The molecule has 2 rings (SSSR count). The Morgan fingerprint density at radius 1 is 1.56 bits per heavy atom. The predicted molar refractivity (Wildman–Crippen MR) is 67.8 cm³/mol. The third kappa shape index (κ3) is 3.25. The molecular weight excluding hydrogens is 256 g/mol. The van der Waals surface area contributed by atoms with E-state index in [1.807, 2.05) is 0 Å². The van der Waals surface area contributed by atoms with E-state index in [0.717, 1.165) is 26.2 Å². The Bertz CT molecular complexity index is 402. The molecular formula is C12H17ClN2O3. The van der Waals surface area contributed by atoms with Gasteiger partial charge in [-0.3, -0.25) is 9.69 Å². The van der Waals surface area contributed by atoms with Crippen molar-refractivity contribution in [3.8, 4) is 0 Å². The first-order valence-corrected chi connectivity index (χ1v) is 6.34. The maximum Gasteiger partial charge on any atom is 0.317 e. The topological polar surface area (TPSA) is 54.7 Å². The number of ether oxygens (including phenoxy) is 1. The van der Waals surface area contributed by atoms with Gasteiger partial charge in [0.1, 0.15) is 11.7 Å². The first-order chi connectivity index (χ1) is 8.70. The van der Waals surface area contributed by atoms with Crippen LogP contribution >= 0.6 is 11.6 Å². The van der Waals surface area contributed by atoms with Crippen LogP contribution in [0.1, 0.15) is 11.7 Å². The highest BCUT2D eigenvalue weighted by molar-refractivity contribution is 6.28. The van der Waals surface area contributed by atoms with Crippen molar-refractivity contribution in [1.82, 2.24) is 10.2 Å². The molecule has 0 amide bonds. The van der Waals surface area contributed by atoms with Gasteiger partial charge in [0.05, 0.1) is 7.11 Å². The lowest BCUT2D eigenvalue weighted by Gasteiger charge is -2.29. The van der Waals surface area contributed by atoms with Gasteiger partial charge in [0.15, 0.2) is 5.22 Å². The number of piperazine rings is 1. The van der Waals surface area contributed by atoms with Crippen molar-refractivity contribution in [3.63, 3.8) is 0 Å². The lowest BCUT2D eigenvalue weighted by atomic mass is 10.1. The second-order valence-corrected chi connectivity index (χ2v) is 4.64. The molecule has 0 radical (unpaired) electrons. The van der Waals surface area contributed by atoms with E-state index in [4.69, 9.17) is 20.8 Å². The van der Waals surface area contributed by atoms with Gasteiger partial charge in [-0.2, -0.15) is 0 Å². The fourth-order valence-electron chi connectivity index (χ4n) is 2.09. The number of methoxy groups -OCH3 is 1. The molecule has 1 fully saturated rings. The van der Waals surface area contributed by atoms with E-state index in [1.54, 1.807) is 12.1 Å². The van der Waals surface area contributed by atoms with Crippen molar-refractivity contribution in [1.29, 1.82) is 0 Å². The van der Waals surface area contributed by atoms with Crippen LogP contribution in [0.4, 0.5) is 0 Å². The molecule has 2 heterocycles.